The van der Waals surface area contributed by atoms with E-state index in [0.29, 0.717) is 13.0 Å². The molecule has 0 aromatic heterocycles. The average Bonchev–Trinajstić information content (AvgIpc) is 3.29. The lowest BCUT2D eigenvalue weighted by Gasteiger charge is -2.39. The van der Waals surface area contributed by atoms with E-state index in [4.69, 9.17) is 4.84 Å². The maximum absolute atomic E-state index is 12.7. The molecule has 0 radical (unpaired) electrons. The van der Waals surface area contributed by atoms with Crippen molar-refractivity contribution in [2.45, 2.75) is 31.7 Å². The predicted octanol–water partition coefficient (Wildman–Crippen LogP) is 1.95. The van der Waals surface area contributed by atoms with Crippen molar-refractivity contribution in [3.8, 4) is 0 Å². The number of hydrogen-bond donors (Lipinski definition) is 0. The minimum atomic E-state index is -0.295. The molecule has 116 valence electrons. The van der Waals surface area contributed by atoms with Crippen molar-refractivity contribution in [2.24, 2.45) is 5.92 Å². The molecule has 3 unspecified atom stereocenters. The van der Waals surface area contributed by atoms with E-state index in [1.165, 1.54) is 5.06 Å². The summed E-state index contributed by atoms with van der Waals surface area (Å²) in [5, 5.41) is 1.41. The van der Waals surface area contributed by atoms with Crippen molar-refractivity contribution in [1.82, 2.24) is 14.9 Å². The molecule has 6 heteroatoms. The minimum Gasteiger partial charge on any atom is -0.325 e. The number of piperidine rings is 1. The summed E-state index contributed by atoms with van der Waals surface area (Å²) in [4.78, 5) is 33.6. The van der Waals surface area contributed by atoms with Crippen LogP contribution in [-0.2, 0) is 9.63 Å². The molecule has 4 rings (SSSR count). The van der Waals surface area contributed by atoms with Gasteiger partial charge >= 0.3 is 6.03 Å². The molecule has 6 nitrogen and oxygen atoms in total. The fourth-order valence-electron chi connectivity index (χ4n) is 3.68. The van der Waals surface area contributed by atoms with E-state index in [9.17, 15) is 9.59 Å². The van der Waals surface area contributed by atoms with Crippen LogP contribution < -0.4 is 0 Å². The zero-order chi connectivity index (χ0) is 15.3. The van der Waals surface area contributed by atoms with Crippen molar-refractivity contribution in [2.75, 3.05) is 13.6 Å². The van der Waals surface area contributed by atoms with Crippen molar-refractivity contribution < 1.29 is 14.4 Å². The average molecular weight is 301 g/mol. The third-order valence-electron chi connectivity index (χ3n) is 4.84. The summed E-state index contributed by atoms with van der Waals surface area (Å²) in [5.74, 6) is 0.381. The number of carbonyl (C=O) groups is 2. The molecule has 3 saturated heterocycles. The number of fused-ring (bicyclic) bond motifs is 1. The van der Waals surface area contributed by atoms with E-state index in [0.717, 1.165) is 18.4 Å². The summed E-state index contributed by atoms with van der Waals surface area (Å²) < 4.78 is 0. The van der Waals surface area contributed by atoms with Crippen LogP contribution in [0.4, 0.5) is 4.79 Å². The van der Waals surface area contributed by atoms with E-state index < -0.39 is 0 Å². The molecule has 1 aromatic carbocycles. The summed E-state index contributed by atoms with van der Waals surface area (Å²) in [6, 6.07) is 9.56. The lowest BCUT2D eigenvalue weighted by Crippen LogP contribution is -2.54. The van der Waals surface area contributed by atoms with E-state index in [-0.39, 0.29) is 30.2 Å². The number of nitrogens with zero attached hydrogens (tertiary/aromatic N) is 3. The first-order chi connectivity index (χ1) is 10.7. The molecule has 3 atom stereocenters. The monoisotopic (exact) mass is 301 g/mol. The standard InChI is InChI=1S/C16H19N3O3/c1-17-13(20)10-12-8-5-9-18(14(12)17)16(21)19-15(22-19)11-6-3-2-4-7-11/h2-4,6-7,12,14-15H,5,8-10H2,1H3. The van der Waals surface area contributed by atoms with Crippen LogP contribution in [0.5, 0.6) is 0 Å². The molecule has 22 heavy (non-hydrogen) atoms. The van der Waals surface area contributed by atoms with Gasteiger partial charge in [0.2, 0.25) is 12.1 Å². The number of rotatable bonds is 1. The third-order valence-corrected chi connectivity index (χ3v) is 4.84. The Morgan fingerprint density at radius 2 is 2.05 bits per heavy atom. The molecule has 3 aliphatic heterocycles. The molecule has 3 fully saturated rings. The third kappa shape index (κ3) is 2.06. The summed E-state index contributed by atoms with van der Waals surface area (Å²) in [6.07, 6.45) is 2.09. The molecule has 3 heterocycles. The van der Waals surface area contributed by atoms with Gasteiger partial charge in [-0.2, -0.15) is 5.06 Å². The topological polar surface area (TPSA) is 56.2 Å². The summed E-state index contributed by atoms with van der Waals surface area (Å²) in [6.45, 7) is 0.680. The zero-order valence-corrected chi connectivity index (χ0v) is 12.5. The SMILES string of the molecule is CN1C(=O)CC2CCCN(C(=O)N3OC3c3ccccc3)C21. The minimum absolute atomic E-state index is 0.116. The van der Waals surface area contributed by atoms with Gasteiger partial charge in [-0.3, -0.25) is 4.79 Å². The van der Waals surface area contributed by atoms with E-state index in [1.807, 2.05) is 30.3 Å². The first kappa shape index (κ1) is 13.6. The van der Waals surface area contributed by atoms with Gasteiger partial charge in [-0.05, 0) is 12.8 Å². The number of carbonyl (C=O) groups excluding carboxylic acids is 2. The fourth-order valence-corrected chi connectivity index (χ4v) is 3.68. The highest BCUT2D eigenvalue weighted by Gasteiger charge is 2.51. The molecule has 0 N–H and O–H groups in total. The van der Waals surface area contributed by atoms with Crippen LogP contribution in [0, 0.1) is 5.92 Å². The second kappa shape index (κ2) is 4.98. The number of hydroxylamine groups is 2. The number of likely N-dealkylation sites (tertiary alicyclic amines) is 2. The number of amides is 3. The van der Waals surface area contributed by atoms with E-state index >= 15 is 0 Å². The summed E-state index contributed by atoms with van der Waals surface area (Å²) >= 11 is 0. The van der Waals surface area contributed by atoms with Gasteiger partial charge < -0.3 is 9.80 Å². The fraction of sp³-hybridized carbons (Fsp3) is 0.500. The Balaban J connectivity index is 1.50. The Morgan fingerprint density at radius 3 is 2.82 bits per heavy atom. The van der Waals surface area contributed by atoms with Crippen LogP contribution in [0.25, 0.3) is 0 Å². The van der Waals surface area contributed by atoms with Crippen molar-refractivity contribution in [3.63, 3.8) is 0 Å². The van der Waals surface area contributed by atoms with Crippen molar-refractivity contribution in [1.29, 1.82) is 0 Å². The van der Waals surface area contributed by atoms with Gasteiger partial charge in [0.05, 0.1) is 0 Å². The van der Waals surface area contributed by atoms with Crippen LogP contribution in [0.15, 0.2) is 30.3 Å². The summed E-state index contributed by atoms with van der Waals surface area (Å²) in [7, 11) is 1.79. The van der Waals surface area contributed by atoms with Gasteiger partial charge in [-0.15, -0.1) is 0 Å². The van der Waals surface area contributed by atoms with Gasteiger partial charge in [-0.1, -0.05) is 30.3 Å². The van der Waals surface area contributed by atoms with Crippen LogP contribution >= 0.6 is 0 Å². The van der Waals surface area contributed by atoms with E-state index in [2.05, 4.69) is 0 Å². The number of urea groups is 1. The van der Waals surface area contributed by atoms with Crippen LogP contribution in [-0.4, -0.2) is 46.6 Å². The molecular weight excluding hydrogens is 282 g/mol. The molecule has 0 bridgehead atoms. The Hall–Kier alpha value is -2.08. The van der Waals surface area contributed by atoms with Gasteiger partial charge in [0.25, 0.3) is 0 Å². The highest BCUT2D eigenvalue weighted by Crippen LogP contribution is 2.41. The largest absolute Gasteiger partial charge is 0.348 e. The Morgan fingerprint density at radius 1 is 1.27 bits per heavy atom. The van der Waals surface area contributed by atoms with Crippen LogP contribution in [0.3, 0.4) is 0 Å². The van der Waals surface area contributed by atoms with E-state index in [1.54, 1.807) is 16.8 Å². The predicted molar refractivity (Wildman–Crippen MR) is 78.1 cm³/mol. The maximum atomic E-state index is 12.7. The van der Waals surface area contributed by atoms with Crippen molar-refractivity contribution >= 4 is 11.9 Å². The zero-order valence-electron chi connectivity index (χ0n) is 12.5. The second-order valence-electron chi connectivity index (χ2n) is 6.19. The van der Waals surface area contributed by atoms with Crippen LogP contribution in [0.2, 0.25) is 0 Å². The maximum Gasteiger partial charge on any atom is 0.348 e. The van der Waals surface area contributed by atoms with Gasteiger partial charge in [-0.25, -0.2) is 9.63 Å². The van der Waals surface area contributed by atoms with Gasteiger partial charge in [0.1, 0.15) is 6.17 Å². The van der Waals surface area contributed by atoms with Crippen molar-refractivity contribution in [3.05, 3.63) is 35.9 Å². The summed E-state index contributed by atoms with van der Waals surface area (Å²) in [5.41, 5.74) is 0.972. The molecular formula is C16H19N3O3. The number of benzene rings is 1. The second-order valence-corrected chi connectivity index (χ2v) is 6.19. The quantitative estimate of drug-likeness (QED) is 0.745. The lowest BCUT2D eigenvalue weighted by molar-refractivity contribution is -0.129. The Labute approximate surface area is 129 Å². The Kier molecular flexibility index (Phi) is 3.07. The number of hydrogen-bond acceptors (Lipinski definition) is 3. The Bertz CT molecular complexity index is 606. The molecule has 0 saturated carbocycles. The van der Waals surface area contributed by atoms with Crippen LogP contribution in [0.1, 0.15) is 31.1 Å². The molecule has 0 aliphatic carbocycles. The smallest absolute Gasteiger partial charge is 0.325 e. The first-order valence-electron chi connectivity index (χ1n) is 7.74. The van der Waals surface area contributed by atoms with Gasteiger partial charge in [0.15, 0.2) is 0 Å². The molecule has 3 aliphatic rings. The molecule has 3 amide bonds. The van der Waals surface area contributed by atoms with Gasteiger partial charge in [0, 0.05) is 31.5 Å². The normalized spacial score (nSPS) is 30.5. The highest BCUT2D eigenvalue weighted by molar-refractivity contribution is 5.81. The lowest BCUT2D eigenvalue weighted by atomic mass is 9.94. The highest BCUT2D eigenvalue weighted by atomic mass is 16.8. The molecule has 1 aromatic rings. The molecule has 0 spiro atoms. The first-order valence-corrected chi connectivity index (χ1v) is 7.74.